The maximum Gasteiger partial charge on any atom is 0.287 e. The van der Waals surface area contributed by atoms with Gasteiger partial charge in [-0.1, -0.05) is 42.5 Å². The van der Waals surface area contributed by atoms with Crippen LogP contribution in [-0.2, 0) is 6.54 Å². The summed E-state index contributed by atoms with van der Waals surface area (Å²) in [6.07, 6.45) is 3.91. The number of hydrogen-bond acceptors (Lipinski definition) is 2. The number of rotatable bonds is 2. The number of nitrogen functional groups attached to an aromatic ring is 1. The van der Waals surface area contributed by atoms with Gasteiger partial charge in [0.15, 0.2) is 5.52 Å². The molecule has 0 radical (unpaired) electrons. The third kappa shape index (κ3) is 1.92. The van der Waals surface area contributed by atoms with Crippen LogP contribution in [0.5, 0.6) is 0 Å². The third-order valence-corrected chi connectivity index (χ3v) is 3.75. The van der Waals surface area contributed by atoms with Gasteiger partial charge in [-0.2, -0.15) is 0 Å². The molecule has 0 bridgehead atoms. The van der Waals surface area contributed by atoms with Gasteiger partial charge in [-0.05, 0) is 22.7 Å². The fourth-order valence-corrected chi connectivity index (χ4v) is 2.73. The monoisotopic (exact) mass is 275 g/mol. The summed E-state index contributed by atoms with van der Waals surface area (Å²) in [5, 5.41) is 1.09. The first-order chi connectivity index (χ1) is 10.3. The summed E-state index contributed by atoms with van der Waals surface area (Å²) in [6, 6.07) is 18.4. The average Bonchev–Trinajstić information content (AvgIpc) is 2.82. The highest BCUT2D eigenvalue weighted by molar-refractivity contribution is 6.05. The lowest BCUT2D eigenvalue weighted by molar-refractivity contribution is -0.689. The normalized spacial score (nSPS) is 11.2. The first kappa shape index (κ1) is 11.9. The van der Waals surface area contributed by atoms with Gasteiger partial charge in [-0.15, -0.1) is 0 Å². The highest BCUT2D eigenvalue weighted by atomic mass is 15.3. The lowest BCUT2D eigenvalue weighted by Crippen LogP contribution is -2.34. The molecule has 4 nitrogen and oxygen atoms in total. The van der Waals surface area contributed by atoms with Gasteiger partial charge in [0, 0.05) is 0 Å². The first-order valence-corrected chi connectivity index (χ1v) is 6.90. The van der Waals surface area contributed by atoms with Crippen molar-refractivity contribution in [2.45, 2.75) is 6.54 Å². The molecule has 0 spiro atoms. The highest BCUT2D eigenvalue weighted by Gasteiger charge is 2.15. The van der Waals surface area contributed by atoms with Gasteiger partial charge in [-0.25, -0.2) is 4.57 Å². The molecule has 0 atom stereocenters. The van der Waals surface area contributed by atoms with Crippen LogP contribution >= 0.6 is 0 Å². The molecule has 102 valence electrons. The number of benzene rings is 2. The highest BCUT2D eigenvalue weighted by Crippen LogP contribution is 2.23. The number of nitrogens with zero attached hydrogens (tertiary/aromatic N) is 3. The molecule has 4 aromatic rings. The van der Waals surface area contributed by atoms with E-state index >= 15 is 0 Å². The SMILES string of the molecule is Nn1c2ccccc2c2nc[n+](Cc3ccccc3)cc21. The molecule has 0 aliphatic heterocycles. The van der Waals surface area contributed by atoms with Crippen LogP contribution in [-0.4, -0.2) is 9.66 Å². The van der Waals surface area contributed by atoms with Crippen LogP contribution in [0, 0.1) is 0 Å². The summed E-state index contributed by atoms with van der Waals surface area (Å²) in [4.78, 5) is 4.59. The summed E-state index contributed by atoms with van der Waals surface area (Å²) in [7, 11) is 0. The van der Waals surface area contributed by atoms with E-state index in [2.05, 4.69) is 33.9 Å². The lowest BCUT2D eigenvalue weighted by atomic mass is 10.2. The van der Waals surface area contributed by atoms with Crippen molar-refractivity contribution < 1.29 is 4.57 Å². The van der Waals surface area contributed by atoms with Gasteiger partial charge in [0.1, 0.15) is 12.7 Å². The molecular formula is C17H15N4+. The Bertz CT molecular complexity index is 925. The van der Waals surface area contributed by atoms with Crippen molar-refractivity contribution in [3.05, 3.63) is 72.7 Å². The topological polar surface area (TPSA) is 47.7 Å². The molecule has 0 aliphatic rings. The minimum Gasteiger partial charge on any atom is -0.338 e. The Kier molecular flexibility index (Phi) is 2.60. The van der Waals surface area contributed by atoms with Crippen LogP contribution in [0.4, 0.5) is 0 Å². The predicted octanol–water partition coefficient (Wildman–Crippen LogP) is 2.24. The minimum atomic E-state index is 0.783. The summed E-state index contributed by atoms with van der Waals surface area (Å²) in [5.74, 6) is 6.20. The second-order valence-electron chi connectivity index (χ2n) is 5.15. The van der Waals surface area contributed by atoms with Crippen molar-refractivity contribution in [3.63, 3.8) is 0 Å². The molecule has 2 aromatic heterocycles. The van der Waals surface area contributed by atoms with Crippen LogP contribution in [0.1, 0.15) is 5.56 Å². The molecule has 4 rings (SSSR count). The van der Waals surface area contributed by atoms with Crippen molar-refractivity contribution in [1.29, 1.82) is 0 Å². The number of aromatic nitrogens is 3. The van der Waals surface area contributed by atoms with Crippen LogP contribution < -0.4 is 10.4 Å². The summed E-state index contributed by atoms with van der Waals surface area (Å²) in [6.45, 7) is 0.783. The quantitative estimate of drug-likeness (QED) is 0.450. The van der Waals surface area contributed by atoms with Gasteiger partial charge in [0.25, 0.3) is 6.33 Å². The molecule has 0 unspecified atom stereocenters. The van der Waals surface area contributed by atoms with Gasteiger partial charge in [-0.3, -0.25) is 4.68 Å². The third-order valence-electron chi connectivity index (χ3n) is 3.75. The van der Waals surface area contributed by atoms with Gasteiger partial charge in [0.2, 0.25) is 5.52 Å². The van der Waals surface area contributed by atoms with Gasteiger partial charge < -0.3 is 5.84 Å². The van der Waals surface area contributed by atoms with Crippen molar-refractivity contribution in [1.82, 2.24) is 9.66 Å². The van der Waals surface area contributed by atoms with Crippen molar-refractivity contribution in [2.75, 3.05) is 5.84 Å². The Morgan fingerprint density at radius 2 is 1.71 bits per heavy atom. The van der Waals surface area contributed by atoms with Crippen molar-refractivity contribution in [2.24, 2.45) is 0 Å². The van der Waals surface area contributed by atoms with Crippen LogP contribution in [0.3, 0.4) is 0 Å². The van der Waals surface area contributed by atoms with Crippen LogP contribution in [0.2, 0.25) is 0 Å². The Morgan fingerprint density at radius 3 is 2.57 bits per heavy atom. The zero-order valence-corrected chi connectivity index (χ0v) is 11.5. The molecule has 2 N–H and O–H groups in total. The number of hydrogen-bond donors (Lipinski definition) is 1. The predicted molar refractivity (Wildman–Crippen MR) is 83.1 cm³/mol. The van der Waals surface area contributed by atoms with E-state index in [1.807, 2.05) is 42.7 Å². The van der Waals surface area contributed by atoms with E-state index in [1.54, 1.807) is 4.68 Å². The fraction of sp³-hybridized carbons (Fsp3) is 0.0588. The van der Waals surface area contributed by atoms with Crippen molar-refractivity contribution in [3.8, 4) is 0 Å². The largest absolute Gasteiger partial charge is 0.338 e. The van der Waals surface area contributed by atoms with Crippen LogP contribution in [0.15, 0.2) is 67.1 Å². The number of nitrogens with two attached hydrogens (primary N) is 1. The van der Waals surface area contributed by atoms with Gasteiger partial charge in [0.05, 0.1) is 10.9 Å². The van der Waals surface area contributed by atoms with E-state index in [-0.39, 0.29) is 0 Å². The molecule has 4 heteroatoms. The summed E-state index contributed by atoms with van der Waals surface area (Å²) < 4.78 is 3.76. The van der Waals surface area contributed by atoms with E-state index in [0.717, 1.165) is 28.5 Å². The zero-order valence-electron chi connectivity index (χ0n) is 11.5. The number of fused-ring (bicyclic) bond motifs is 3. The standard InChI is InChI=1S/C17H15N4/c18-21-15-9-5-4-8-14(15)17-16(21)11-20(12-19-17)10-13-6-2-1-3-7-13/h1-9,11-12H,10,18H2/q+1. The smallest absolute Gasteiger partial charge is 0.287 e. The second-order valence-corrected chi connectivity index (χ2v) is 5.15. The molecule has 0 saturated carbocycles. The molecule has 0 fully saturated rings. The molecule has 2 heterocycles. The second kappa shape index (κ2) is 4.59. The molecule has 0 saturated heterocycles. The molecule has 2 aromatic carbocycles. The van der Waals surface area contributed by atoms with E-state index in [0.29, 0.717) is 0 Å². The van der Waals surface area contributed by atoms with E-state index in [4.69, 9.17) is 5.84 Å². The van der Waals surface area contributed by atoms with Gasteiger partial charge >= 0.3 is 0 Å². The molecule has 21 heavy (non-hydrogen) atoms. The Balaban J connectivity index is 1.86. The Hall–Kier alpha value is -2.88. The first-order valence-electron chi connectivity index (χ1n) is 6.90. The fourth-order valence-electron chi connectivity index (χ4n) is 2.73. The Morgan fingerprint density at radius 1 is 0.952 bits per heavy atom. The molecular weight excluding hydrogens is 260 g/mol. The summed E-state index contributed by atoms with van der Waals surface area (Å²) in [5.41, 5.74) is 4.12. The maximum absolute atomic E-state index is 6.20. The molecule has 0 aliphatic carbocycles. The maximum atomic E-state index is 6.20. The number of para-hydroxylation sites is 1. The van der Waals surface area contributed by atoms with Crippen LogP contribution in [0.25, 0.3) is 21.9 Å². The van der Waals surface area contributed by atoms with E-state index in [9.17, 15) is 0 Å². The minimum absolute atomic E-state index is 0.783. The van der Waals surface area contributed by atoms with Crippen molar-refractivity contribution >= 4 is 21.9 Å². The van der Waals surface area contributed by atoms with E-state index < -0.39 is 0 Å². The Labute approximate surface area is 122 Å². The average molecular weight is 275 g/mol. The van der Waals surface area contributed by atoms with E-state index in [1.165, 1.54) is 5.56 Å². The molecule has 0 amide bonds. The summed E-state index contributed by atoms with van der Waals surface area (Å²) >= 11 is 0. The lowest BCUT2D eigenvalue weighted by Gasteiger charge is -2.00. The zero-order chi connectivity index (χ0) is 14.2.